The van der Waals surface area contributed by atoms with Gasteiger partial charge in [-0.3, -0.25) is 33.6 Å². The molecule has 0 aromatic heterocycles. The molecule has 0 unspecified atom stereocenters. The number of unbranched alkanes of at least 4 members (excludes halogenated alkanes) is 14. The first kappa shape index (κ1) is 78.9. The van der Waals surface area contributed by atoms with E-state index in [-0.39, 0.29) is 62.4 Å². The lowest BCUT2D eigenvalue weighted by Crippen LogP contribution is -2.33. The maximum atomic E-state index is 12.4. The largest absolute Gasteiger partial charge is 0.481 e. The second-order valence-corrected chi connectivity index (χ2v) is 25.0. The van der Waals surface area contributed by atoms with Crippen molar-refractivity contribution in [1.82, 2.24) is 16.0 Å². The van der Waals surface area contributed by atoms with Crippen molar-refractivity contribution >= 4 is 106 Å². The van der Waals surface area contributed by atoms with Crippen molar-refractivity contribution in [1.29, 1.82) is 0 Å². The molecule has 0 saturated carbocycles. The number of carboxylic acid groups (broad SMARTS) is 3. The number of amides is 3. The van der Waals surface area contributed by atoms with Gasteiger partial charge in [0, 0.05) is 58.5 Å². The number of carbonyl (C=O) groups excluding carboxylic acids is 4. The molecule has 0 bridgehead atoms. The van der Waals surface area contributed by atoms with E-state index in [0.29, 0.717) is 97.8 Å². The van der Waals surface area contributed by atoms with Crippen LogP contribution in [-0.2, 0) is 52.5 Å². The average Bonchev–Trinajstić information content (AvgIpc) is 3.38. The van der Waals surface area contributed by atoms with E-state index < -0.39 is 29.7 Å². The van der Waals surface area contributed by atoms with Crippen molar-refractivity contribution in [2.45, 2.75) is 161 Å². The number of ether oxygens (including phenoxy) is 4. The van der Waals surface area contributed by atoms with E-state index in [1.807, 2.05) is 0 Å². The summed E-state index contributed by atoms with van der Waals surface area (Å²) < 4.78 is 21.6. The third-order valence-electron chi connectivity index (χ3n) is 10.7. The molecule has 17 nitrogen and oxygen atoms in total. The number of rotatable bonds is 50. The second kappa shape index (κ2) is 65.7. The highest BCUT2D eigenvalue weighted by molar-refractivity contribution is 8.76. The van der Waals surface area contributed by atoms with Crippen molar-refractivity contribution in [2.24, 2.45) is 11.8 Å². The smallest absolute Gasteiger partial charge is 0.306 e. The van der Waals surface area contributed by atoms with Crippen LogP contribution < -0.4 is 16.0 Å². The summed E-state index contributed by atoms with van der Waals surface area (Å²) in [5.74, 6) is -4.84. The molecule has 0 rings (SSSR count). The zero-order valence-electron chi connectivity index (χ0n) is 46.2. The third-order valence-corrected chi connectivity index (χ3v) is 14.7. The van der Waals surface area contributed by atoms with Gasteiger partial charge in [-0.05, 0) is 82.5 Å². The fraction of sp³-hybridized carbons (Fsp3) is 0.863. The Kier molecular flexibility index (Phi) is 70.1. The van der Waals surface area contributed by atoms with E-state index in [4.69, 9.17) is 29.2 Å². The van der Waals surface area contributed by atoms with Gasteiger partial charge in [-0.25, -0.2) is 0 Å². The zero-order chi connectivity index (χ0) is 56.1. The summed E-state index contributed by atoms with van der Waals surface area (Å²) in [5.41, 5.74) is 0. The van der Waals surface area contributed by atoms with E-state index in [0.717, 1.165) is 44.9 Å². The monoisotopic (exact) mass is 1170 g/mol. The van der Waals surface area contributed by atoms with Gasteiger partial charge in [0.05, 0.1) is 38.3 Å². The number of Topliss-reactive ketones (excluding diaryl/α,β-unsaturated/α-hetero) is 1. The molecule has 0 aliphatic heterocycles. The SMILES string of the molecule is CSSC.CSSC.CSSC.C[C@@H](CCCCNC(=O)COCC(=O)NCCCOCCOCCOCCCNC(=O)CC[C@H](CC(=O)CCCCCCCCCCCCCCCCC(=O)O)C(=O)O)C(=O)O. The van der Waals surface area contributed by atoms with Gasteiger partial charge in [0.1, 0.15) is 19.0 Å². The number of carbonyl (C=O) groups is 7. The summed E-state index contributed by atoms with van der Waals surface area (Å²) in [6, 6.07) is 0. The van der Waals surface area contributed by atoms with Crippen LogP contribution in [0.3, 0.4) is 0 Å². The molecule has 74 heavy (non-hydrogen) atoms. The van der Waals surface area contributed by atoms with Gasteiger partial charge in [-0.15, -0.1) is 0 Å². The highest BCUT2D eigenvalue weighted by Gasteiger charge is 2.22. The first-order valence-electron chi connectivity index (χ1n) is 26.2. The Bertz CT molecular complexity index is 1320. The summed E-state index contributed by atoms with van der Waals surface area (Å²) >= 11 is 0. The first-order chi connectivity index (χ1) is 35.7. The molecule has 0 saturated heterocycles. The normalized spacial score (nSPS) is 11.3. The maximum Gasteiger partial charge on any atom is 0.306 e. The number of hydrogen-bond acceptors (Lipinski definition) is 17. The van der Waals surface area contributed by atoms with Crippen LogP contribution in [0.25, 0.3) is 0 Å². The Labute approximate surface area is 470 Å². The Morgan fingerprint density at radius 3 is 1.14 bits per heavy atom. The maximum absolute atomic E-state index is 12.4. The minimum absolute atomic E-state index is 0.0443. The van der Waals surface area contributed by atoms with E-state index in [2.05, 4.69) is 53.5 Å². The van der Waals surface area contributed by atoms with Crippen LogP contribution in [0.5, 0.6) is 0 Å². The van der Waals surface area contributed by atoms with Gasteiger partial charge in [-0.1, -0.05) is 155 Å². The van der Waals surface area contributed by atoms with Crippen LogP contribution in [0.2, 0.25) is 0 Å². The van der Waals surface area contributed by atoms with Gasteiger partial charge in [0.15, 0.2) is 0 Å². The molecule has 0 aliphatic carbocycles. The van der Waals surface area contributed by atoms with Gasteiger partial charge >= 0.3 is 17.9 Å². The fourth-order valence-electron chi connectivity index (χ4n) is 6.41. The van der Waals surface area contributed by atoms with Crippen LogP contribution in [0.4, 0.5) is 0 Å². The highest BCUT2D eigenvalue weighted by Crippen LogP contribution is 2.17. The molecule has 0 aliphatic rings. The molecule has 3 amide bonds. The molecule has 0 spiro atoms. The van der Waals surface area contributed by atoms with E-state index in [1.54, 1.807) is 71.7 Å². The van der Waals surface area contributed by atoms with E-state index in [1.165, 1.54) is 44.9 Å². The van der Waals surface area contributed by atoms with Crippen molar-refractivity contribution in [3.05, 3.63) is 0 Å². The topological polar surface area (TPSA) is 253 Å². The predicted octanol–water partition coefficient (Wildman–Crippen LogP) is 10.7. The van der Waals surface area contributed by atoms with Crippen LogP contribution >= 0.6 is 64.8 Å². The summed E-state index contributed by atoms with van der Waals surface area (Å²) in [6.45, 7) is 4.79. The Hall–Kier alpha value is -1.57. The highest BCUT2D eigenvalue weighted by atomic mass is 33.1. The van der Waals surface area contributed by atoms with E-state index >= 15 is 0 Å². The molecule has 0 fully saturated rings. The molecule has 0 heterocycles. The summed E-state index contributed by atoms with van der Waals surface area (Å²) in [5, 5.41) is 35.2. The fourth-order valence-corrected chi connectivity index (χ4v) is 6.41. The summed E-state index contributed by atoms with van der Waals surface area (Å²) in [4.78, 5) is 81.3. The second-order valence-electron chi connectivity index (χ2n) is 17.0. The number of nitrogens with one attached hydrogen (secondary N) is 3. The van der Waals surface area contributed by atoms with Crippen LogP contribution in [0.15, 0.2) is 0 Å². The van der Waals surface area contributed by atoms with Crippen molar-refractivity contribution in [3.63, 3.8) is 0 Å². The lowest BCUT2D eigenvalue weighted by Gasteiger charge is -2.12. The molecule has 438 valence electrons. The van der Waals surface area contributed by atoms with Gasteiger partial charge in [-0.2, -0.15) is 0 Å². The van der Waals surface area contributed by atoms with Gasteiger partial charge < -0.3 is 50.2 Å². The standard InChI is InChI=1S/C45H81N3O14.3C2H6S2/c1-37(44(55)56)20-16-17-25-47-41(51)35-62-36-42(52)48-27-19-29-60-31-33-61-32-30-59-28-18-26-46-40(50)24-23-38(45(57)58)34-39(49)21-14-12-10-8-6-4-2-3-5-7-9-11-13-15-22-43(53)54;3*1-3-4-2/h37-38H,2-36H2,1H3,(H,46,50)(H,47,51)(H,48,52)(H,53,54)(H,55,56)(H,57,58);3*1-2H3/t37-,38+;;;/m0.../s1. The molecule has 0 aromatic rings. The Morgan fingerprint density at radius 1 is 0.392 bits per heavy atom. The third kappa shape index (κ3) is 70.4. The van der Waals surface area contributed by atoms with Crippen LogP contribution in [-0.4, -0.2) is 167 Å². The quantitative estimate of drug-likeness (QED) is 0.0245. The Morgan fingerprint density at radius 2 is 0.757 bits per heavy atom. The molecular weight excluding hydrogens is 1070 g/mol. The molecule has 23 heteroatoms. The summed E-state index contributed by atoms with van der Waals surface area (Å²) in [6.07, 6.45) is 31.6. The number of hydrogen-bond donors (Lipinski definition) is 6. The lowest BCUT2D eigenvalue weighted by atomic mass is 9.94. The molecule has 0 radical (unpaired) electrons. The number of carboxylic acids is 3. The molecule has 2 atom stereocenters. The Balaban J connectivity index is -0.00000182. The van der Waals surface area contributed by atoms with Crippen molar-refractivity contribution < 1.29 is 67.8 Å². The van der Waals surface area contributed by atoms with Crippen LogP contribution in [0.1, 0.15) is 161 Å². The minimum Gasteiger partial charge on any atom is -0.481 e. The van der Waals surface area contributed by atoms with Crippen LogP contribution in [0, 0.1) is 11.8 Å². The number of ketones is 1. The lowest BCUT2D eigenvalue weighted by molar-refractivity contribution is -0.144. The predicted molar refractivity (Wildman–Crippen MR) is 315 cm³/mol. The minimum atomic E-state index is -1.05. The van der Waals surface area contributed by atoms with E-state index in [9.17, 15) is 38.7 Å². The number of aliphatic carboxylic acids is 3. The summed E-state index contributed by atoms with van der Waals surface area (Å²) in [7, 11) is 10.6. The average molecular weight is 1170 g/mol. The molecule has 6 N–H and O–H groups in total. The van der Waals surface area contributed by atoms with Gasteiger partial charge in [0.25, 0.3) is 0 Å². The first-order valence-corrected chi connectivity index (χ1v) is 35.1. The molecule has 0 aromatic carbocycles. The van der Waals surface area contributed by atoms with Crippen molar-refractivity contribution in [3.8, 4) is 0 Å². The van der Waals surface area contributed by atoms with Gasteiger partial charge in [0.2, 0.25) is 17.7 Å². The van der Waals surface area contributed by atoms with Crippen molar-refractivity contribution in [2.75, 3.05) is 110 Å². The zero-order valence-corrected chi connectivity index (χ0v) is 51.1. The molecular formula is C51H99N3O14S6.